The van der Waals surface area contributed by atoms with Gasteiger partial charge in [0, 0.05) is 6.54 Å². The molecule has 0 aliphatic carbocycles. The van der Waals surface area contributed by atoms with Gasteiger partial charge in [-0.2, -0.15) is 10.2 Å². The minimum atomic E-state index is 0.895. The molecule has 0 amide bonds. The lowest BCUT2D eigenvalue weighted by molar-refractivity contribution is 0.602. The van der Waals surface area contributed by atoms with Crippen molar-refractivity contribution in [3.63, 3.8) is 0 Å². The van der Waals surface area contributed by atoms with E-state index >= 15 is 0 Å². The van der Waals surface area contributed by atoms with Crippen molar-refractivity contribution in [2.75, 3.05) is 19.6 Å². The van der Waals surface area contributed by atoms with Crippen molar-refractivity contribution in [2.45, 2.75) is 40.2 Å². The lowest BCUT2D eigenvalue weighted by Crippen LogP contribution is -2.22. The molecule has 0 saturated heterocycles. The van der Waals surface area contributed by atoms with Crippen LogP contribution in [0.25, 0.3) is 0 Å². The van der Waals surface area contributed by atoms with Crippen LogP contribution in [0.5, 0.6) is 0 Å². The van der Waals surface area contributed by atoms with Crippen LogP contribution in [0.3, 0.4) is 0 Å². The minimum absolute atomic E-state index is 0.895. The molecule has 0 aliphatic heterocycles. The molecule has 1 aromatic rings. The SMILES string of the molecule is CCNCCCNCc1cc(C)nnc1CC. The Morgan fingerprint density at radius 1 is 1.12 bits per heavy atom. The minimum Gasteiger partial charge on any atom is -0.317 e. The Hall–Kier alpha value is -1.00. The number of aromatic nitrogens is 2. The fourth-order valence-electron chi connectivity index (χ4n) is 1.76. The lowest BCUT2D eigenvalue weighted by atomic mass is 10.1. The maximum atomic E-state index is 4.22. The third-order valence-corrected chi connectivity index (χ3v) is 2.69. The Labute approximate surface area is 104 Å². The van der Waals surface area contributed by atoms with Gasteiger partial charge < -0.3 is 10.6 Å². The van der Waals surface area contributed by atoms with E-state index in [1.807, 2.05) is 6.92 Å². The van der Waals surface area contributed by atoms with Gasteiger partial charge in [-0.3, -0.25) is 0 Å². The molecule has 1 heterocycles. The standard InChI is InChI=1S/C13H24N4/c1-4-13-12(9-11(3)16-17-13)10-15-8-6-7-14-5-2/h9,14-15H,4-8,10H2,1-3H3. The largest absolute Gasteiger partial charge is 0.317 e. The van der Waals surface area contributed by atoms with Crippen LogP contribution in [0.4, 0.5) is 0 Å². The molecule has 1 aromatic heterocycles. The molecule has 1 rings (SSSR count). The first kappa shape index (κ1) is 14.1. The van der Waals surface area contributed by atoms with Gasteiger partial charge in [0.1, 0.15) is 0 Å². The third kappa shape index (κ3) is 5.24. The summed E-state index contributed by atoms with van der Waals surface area (Å²) in [6.07, 6.45) is 2.11. The van der Waals surface area contributed by atoms with Crippen molar-refractivity contribution in [3.8, 4) is 0 Å². The quantitative estimate of drug-likeness (QED) is 0.671. The molecule has 0 saturated carbocycles. The van der Waals surface area contributed by atoms with E-state index in [0.717, 1.165) is 50.4 Å². The van der Waals surface area contributed by atoms with E-state index in [0.29, 0.717) is 0 Å². The first-order chi connectivity index (χ1) is 8.27. The van der Waals surface area contributed by atoms with Crippen LogP contribution in [0.15, 0.2) is 6.07 Å². The fourth-order valence-corrected chi connectivity index (χ4v) is 1.76. The molecule has 0 aromatic carbocycles. The molecule has 0 atom stereocenters. The molecule has 96 valence electrons. The molecule has 4 heteroatoms. The molecule has 0 bridgehead atoms. The second-order valence-corrected chi connectivity index (χ2v) is 4.20. The molecular weight excluding hydrogens is 212 g/mol. The maximum Gasteiger partial charge on any atom is 0.0673 e. The normalized spacial score (nSPS) is 10.8. The maximum absolute atomic E-state index is 4.22. The van der Waals surface area contributed by atoms with Gasteiger partial charge in [-0.05, 0) is 51.0 Å². The summed E-state index contributed by atoms with van der Waals surface area (Å²) in [5.41, 5.74) is 3.38. The first-order valence-corrected chi connectivity index (χ1v) is 6.51. The van der Waals surface area contributed by atoms with E-state index in [4.69, 9.17) is 0 Å². The second kappa shape index (κ2) is 8.14. The van der Waals surface area contributed by atoms with Gasteiger partial charge >= 0.3 is 0 Å². The lowest BCUT2D eigenvalue weighted by Gasteiger charge is -2.09. The van der Waals surface area contributed by atoms with E-state index in [-0.39, 0.29) is 0 Å². The van der Waals surface area contributed by atoms with Gasteiger partial charge in [-0.25, -0.2) is 0 Å². The van der Waals surface area contributed by atoms with Crippen LogP contribution in [0, 0.1) is 6.92 Å². The number of nitrogens with zero attached hydrogens (tertiary/aromatic N) is 2. The number of nitrogens with one attached hydrogen (secondary N) is 2. The zero-order valence-electron chi connectivity index (χ0n) is 11.2. The Morgan fingerprint density at radius 3 is 2.59 bits per heavy atom. The highest BCUT2D eigenvalue weighted by Gasteiger charge is 2.03. The van der Waals surface area contributed by atoms with Crippen LogP contribution in [0.2, 0.25) is 0 Å². The van der Waals surface area contributed by atoms with Crippen LogP contribution in [-0.2, 0) is 13.0 Å². The van der Waals surface area contributed by atoms with Crippen molar-refractivity contribution in [3.05, 3.63) is 23.0 Å². The van der Waals surface area contributed by atoms with Crippen LogP contribution < -0.4 is 10.6 Å². The van der Waals surface area contributed by atoms with E-state index in [1.54, 1.807) is 0 Å². The van der Waals surface area contributed by atoms with E-state index in [1.165, 1.54) is 5.56 Å². The summed E-state index contributed by atoms with van der Waals surface area (Å²) >= 11 is 0. The van der Waals surface area contributed by atoms with Crippen molar-refractivity contribution in [1.82, 2.24) is 20.8 Å². The van der Waals surface area contributed by atoms with Crippen LogP contribution in [-0.4, -0.2) is 29.8 Å². The van der Waals surface area contributed by atoms with E-state index < -0.39 is 0 Å². The molecular formula is C13H24N4. The smallest absolute Gasteiger partial charge is 0.0673 e. The summed E-state index contributed by atoms with van der Waals surface area (Å²) in [4.78, 5) is 0. The molecule has 0 unspecified atom stereocenters. The average molecular weight is 236 g/mol. The average Bonchev–Trinajstić information content (AvgIpc) is 2.34. The molecule has 2 N–H and O–H groups in total. The molecule has 17 heavy (non-hydrogen) atoms. The second-order valence-electron chi connectivity index (χ2n) is 4.20. The molecule has 4 nitrogen and oxygen atoms in total. The highest BCUT2D eigenvalue weighted by atomic mass is 15.1. The fraction of sp³-hybridized carbons (Fsp3) is 0.692. The molecule has 0 radical (unpaired) electrons. The van der Waals surface area contributed by atoms with Crippen LogP contribution >= 0.6 is 0 Å². The van der Waals surface area contributed by atoms with Gasteiger partial charge in [0.25, 0.3) is 0 Å². The molecule has 0 spiro atoms. The summed E-state index contributed by atoms with van der Waals surface area (Å²) in [5, 5.41) is 15.1. The number of hydrogen-bond donors (Lipinski definition) is 2. The Morgan fingerprint density at radius 2 is 1.88 bits per heavy atom. The van der Waals surface area contributed by atoms with E-state index in [9.17, 15) is 0 Å². The number of hydrogen-bond acceptors (Lipinski definition) is 4. The zero-order valence-corrected chi connectivity index (χ0v) is 11.2. The van der Waals surface area contributed by atoms with Gasteiger partial charge in [-0.1, -0.05) is 13.8 Å². The summed E-state index contributed by atoms with van der Waals surface area (Å²) in [6.45, 7) is 10.3. The topological polar surface area (TPSA) is 49.8 Å². The number of rotatable bonds is 8. The predicted molar refractivity (Wildman–Crippen MR) is 71.0 cm³/mol. The molecule has 0 fully saturated rings. The summed E-state index contributed by atoms with van der Waals surface area (Å²) in [5.74, 6) is 0. The number of aryl methyl sites for hydroxylation is 2. The van der Waals surface area contributed by atoms with Crippen molar-refractivity contribution in [2.24, 2.45) is 0 Å². The Kier molecular flexibility index (Phi) is 6.74. The summed E-state index contributed by atoms with van der Waals surface area (Å²) in [6, 6.07) is 2.13. The van der Waals surface area contributed by atoms with Gasteiger partial charge in [0.05, 0.1) is 11.4 Å². The first-order valence-electron chi connectivity index (χ1n) is 6.51. The van der Waals surface area contributed by atoms with Crippen molar-refractivity contribution < 1.29 is 0 Å². The van der Waals surface area contributed by atoms with Gasteiger partial charge in [0.15, 0.2) is 0 Å². The van der Waals surface area contributed by atoms with Crippen LogP contribution in [0.1, 0.15) is 37.2 Å². The van der Waals surface area contributed by atoms with E-state index in [2.05, 4.69) is 40.7 Å². The predicted octanol–water partition coefficient (Wildman–Crippen LogP) is 1.44. The highest BCUT2D eigenvalue weighted by Crippen LogP contribution is 2.06. The van der Waals surface area contributed by atoms with Gasteiger partial charge in [-0.15, -0.1) is 0 Å². The Bertz CT molecular complexity index is 325. The third-order valence-electron chi connectivity index (χ3n) is 2.69. The monoisotopic (exact) mass is 236 g/mol. The summed E-state index contributed by atoms with van der Waals surface area (Å²) in [7, 11) is 0. The summed E-state index contributed by atoms with van der Waals surface area (Å²) < 4.78 is 0. The zero-order chi connectivity index (χ0) is 12.5. The Balaban J connectivity index is 2.32. The van der Waals surface area contributed by atoms with Gasteiger partial charge in [0.2, 0.25) is 0 Å². The highest BCUT2D eigenvalue weighted by molar-refractivity contribution is 5.20. The van der Waals surface area contributed by atoms with Crippen molar-refractivity contribution in [1.29, 1.82) is 0 Å². The molecule has 0 aliphatic rings. The van der Waals surface area contributed by atoms with Crippen molar-refractivity contribution >= 4 is 0 Å².